The number of anilines is 1. The van der Waals surface area contributed by atoms with E-state index in [4.69, 9.17) is 5.73 Å². The van der Waals surface area contributed by atoms with Gasteiger partial charge in [-0.05, 0) is 17.7 Å². The van der Waals surface area contributed by atoms with E-state index >= 15 is 0 Å². The third kappa shape index (κ3) is 3.51. The van der Waals surface area contributed by atoms with Crippen LogP contribution in [0.5, 0.6) is 0 Å². The zero-order valence-electron chi connectivity index (χ0n) is 13.1. The Morgan fingerprint density at radius 3 is 2.54 bits per heavy atom. The van der Waals surface area contributed by atoms with Crippen LogP contribution in [0.15, 0.2) is 36.7 Å². The number of hydrogen-bond acceptors (Lipinski definition) is 4. The molecule has 1 fully saturated rings. The number of halogens is 2. The van der Waals surface area contributed by atoms with E-state index in [1.807, 2.05) is 18.3 Å². The number of piperazine rings is 1. The molecule has 0 saturated carbocycles. The normalized spacial score (nSPS) is 15.5. The molecule has 0 spiro atoms. The molecular formula is C17H18F2N4O. The van der Waals surface area contributed by atoms with Gasteiger partial charge >= 0.3 is 0 Å². The average molecular weight is 332 g/mol. The summed E-state index contributed by atoms with van der Waals surface area (Å²) in [6.45, 7) is 3.19. The molecule has 0 bridgehead atoms. The second-order valence-electron chi connectivity index (χ2n) is 5.78. The van der Waals surface area contributed by atoms with Crippen molar-refractivity contribution in [1.29, 1.82) is 0 Å². The third-order valence-electron chi connectivity index (χ3n) is 4.11. The summed E-state index contributed by atoms with van der Waals surface area (Å²) in [7, 11) is 0. The maximum atomic E-state index is 13.4. The first-order valence-corrected chi connectivity index (χ1v) is 7.69. The molecule has 1 aromatic carbocycles. The van der Waals surface area contributed by atoms with Gasteiger partial charge in [0, 0.05) is 56.9 Å². The molecule has 0 atom stereocenters. The number of pyridine rings is 1. The molecule has 1 saturated heterocycles. The summed E-state index contributed by atoms with van der Waals surface area (Å²) in [4.78, 5) is 20.4. The highest BCUT2D eigenvalue weighted by Crippen LogP contribution is 2.20. The Balaban J connectivity index is 1.62. The summed E-state index contributed by atoms with van der Waals surface area (Å²) in [5.41, 5.74) is 6.73. The Labute approximate surface area is 138 Å². The monoisotopic (exact) mass is 332 g/mol. The van der Waals surface area contributed by atoms with E-state index in [1.165, 1.54) is 0 Å². The number of nitrogens with two attached hydrogens (primary N) is 1. The fourth-order valence-corrected chi connectivity index (χ4v) is 2.78. The van der Waals surface area contributed by atoms with Crippen LogP contribution < -0.4 is 5.73 Å². The highest BCUT2D eigenvalue weighted by molar-refractivity contribution is 5.99. The summed E-state index contributed by atoms with van der Waals surface area (Å²) in [5, 5.41) is 0. The number of amides is 1. The van der Waals surface area contributed by atoms with Gasteiger partial charge in [0.1, 0.15) is 0 Å². The first-order chi connectivity index (χ1) is 11.5. The maximum absolute atomic E-state index is 13.4. The molecule has 5 nitrogen and oxygen atoms in total. The lowest BCUT2D eigenvalue weighted by molar-refractivity contribution is 0.0629. The number of carbonyl (C=O) groups is 1. The molecule has 1 aromatic heterocycles. The first kappa shape index (κ1) is 16.3. The van der Waals surface area contributed by atoms with Crippen molar-refractivity contribution in [2.45, 2.75) is 6.54 Å². The standard InChI is InChI=1S/C17H18F2N4O/c18-14-8-13(16(20)9-15(14)19)17(24)23-6-4-22(5-7-23)11-12-2-1-3-21-10-12/h1-3,8-10H,4-7,11,20H2. The maximum Gasteiger partial charge on any atom is 0.256 e. The summed E-state index contributed by atoms with van der Waals surface area (Å²) in [6, 6.07) is 5.61. The Hall–Kier alpha value is -2.54. The average Bonchev–Trinajstić information content (AvgIpc) is 2.59. The lowest BCUT2D eigenvalue weighted by atomic mass is 10.1. The van der Waals surface area contributed by atoms with E-state index in [-0.39, 0.29) is 17.2 Å². The summed E-state index contributed by atoms with van der Waals surface area (Å²) < 4.78 is 26.5. The van der Waals surface area contributed by atoms with Crippen LogP contribution in [0.1, 0.15) is 15.9 Å². The van der Waals surface area contributed by atoms with Crippen LogP contribution in [0, 0.1) is 11.6 Å². The first-order valence-electron chi connectivity index (χ1n) is 7.69. The van der Waals surface area contributed by atoms with E-state index < -0.39 is 11.6 Å². The van der Waals surface area contributed by atoms with Crippen molar-refractivity contribution in [3.63, 3.8) is 0 Å². The zero-order valence-corrected chi connectivity index (χ0v) is 13.1. The molecule has 0 aliphatic carbocycles. The second-order valence-corrected chi connectivity index (χ2v) is 5.78. The largest absolute Gasteiger partial charge is 0.398 e. The van der Waals surface area contributed by atoms with Crippen molar-refractivity contribution in [3.05, 3.63) is 59.4 Å². The highest BCUT2D eigenvalue weighted by atomic mass is 19.2. The number of nitrogens with zero attached hydrogens (tertiary/aromatic N) is 3. The van der Waals surface area contributed by atoms with E-state index in [1.54, 1.807) is 11.1 Å². The fraction of sp³-hybridized carbons (Fsp3) is 0.294. The van der Waals surface area contributed by atoms with E-state index in [0.717, 1.165) is 24.2 Å². The number of hydrogen-bond donors (Lipinski definition) is 1. The predicted molar refractivity (Wildman–Crippen MR) is 86.2 cm³/mol. The minimum Gasteiger partial charge on any atom is -0.398 e. The minimum absolute atomic E-state index is 0.00890. The number of aromatic nitrogens is 1. The Kier molecular flexibility index (Phi) is 4.71. The topological polar surface area (TPSA) is 62.5 Å². The summed E-state index contributed by atoms with van der Waals surface area (Å²) in [5.74, 6) is -2.49. The van der Waals surface area contributed by atoms with Gasteiger partial charge in [0.25, 0.3) is 5.91 Å². The Morgan fingerprint density at radius 2 is 1.88 bits per heavy atom. The Morgan fingerprint density at radius 1 is 1.17 bits per heavy atom. The van der Waals surface area contributed by atoms with Gasteiger partial charge in [-0.25, -0.2) is 8.78 Å². The highest BCUT2D eigenvalue weighted by Gasteiger charge is 2.24. The van der Waals surface area contributed by atoms with E-state index in [9.17, 15) is 13.6 Å². The smallest absolute Gasteiger partial charge is 0.256 e. The van der Waals surface area contributed by atoms with Crippen LogP contribution in [0.4, 0.5) is 14.5 Å². The van der Waals surface area contributed by atoms with Crippen molar-refractivity contribution in [2.75, 3.05) is 31.9 Å². The van der Waals surface area contributed by atoms with E-state index in [0.29, 0.717) is 26.2 Å². The molecule has 24 heavy (non-hydrogen) atoms. The van der Waals surface area contributed by atoms with Gasteiger partial charge in [0.2, 0.25) is 0 Å². The summed E-state index contributed by atoms with van der Waals surface area (Å²) >= 11 is 0. The number of rotatable bonds is 3. The third-order valence-corrected chi connectivity index (χ3v) is 4.11. The SMILES string of the molecule is Nc1cc(F)c(F)cc1C(=O)N1CCN(Cc2cccnc2)CC1. The zero-order chi connectivity index (χ0) is 17.1. The molecule has 2 N–H and O–H groups in total. The number of nitrogen functional groups attached to an aromatic ring is 1. The molecule has 2 heterocycles. The molecule has 3 rings (SSSR count). The van der Waals surface area contributed by atoms with Crippen LogP contribution in [0.25, 0.3) is 0 Å². The molecule has 1 aliphatic heterocycles. The van der Waals surface area contributed by atoms with Crippen molar-refractivity contribution >= 4 is 11.6 Å². The van der Waals surface area contributed by atoms with Gasteiger partial charge in [-0.1, -0.05) is 6.07 Å². The van der Waals surface area contributed by atoms with Gasteiger partial charge < -0.3 is 10.6 Å². The van der Waals surface area contributed by atoms with Gasteiger partial charge in [-0.15, -0.1) is 0 Å². The summed E-state index contributed by atoms with van der Waals surface area (Å²) in [6.07, 6.45) is 3.55. The predicted octanol–water partition coefficient (Wildman–Crippen LogP) is 1.90. The molecule has 0 unspecified atom stereocenters. The minimum atomic E-state index is -1.07. The second kappa shape index (κ2) is 6.92. The van der Waals surface area contributed by atoms with Crippen molar-refractivity contribution in [3.8, 4) is 0 Å². The van der Waals surface area contributed by atoms with Crippen molar-refractivity contribution < 1.29 is 13.6 Å². The van der Waals surface area contributed by atoms with E-state index in [2.05, 4.69) is 9.88 Å². The Bertz CT molecular complexity index is 731. The molecular weight excluding hydrogens is 314 g/mol. The van der Waals surface area contributed by atoms with Gasteiger partial charge in [-0.2, -0.15) is 0 Å². The lowest BCUT2D eigenvalue weighted by Crippen LogP contribution is -2.48. The fourth-order valence-electron chi connectivity index (χ4n) is 2.78. The number of benzene rings is 1. The van der Waals surface area contributed by atoms with Crippen LogP contribution in [-0.4, -0.2) is 46.9 Å². The van der Waals surface area contributed by atoms with Crippen LogP contribution in [0.2, 0.25) is 0 Å². The lowest BCUT2D eigenvalue weighted by Gasteiger charge is -2.35. The van der Waals surface area contributed by atoms with Crippen molar-refractivity contribution in [1.82, 2.24) is 14.8 Å². The molecule has 1 amide bonds. The number of carbonyl (C=O) groups excluding carboxylic acids is 1. The van der Waals surface area contributed by atoms with Crippen molar-refractivity contribution in [2.24, 2.45) is 0 Å². The van der Waals surface area contributed by atoms with Gasteiger partial charge in [0.15, 0.2) is 11.6 Å². The van der Waals surface area contributed by atoms with Gasteiger partial charge in [-0.3, -0.25) is 14.7 Å². The van der Waals surface area contributed by atoms with Crippen LogP contribution in [-0.2, 0) is 6.54 Å². The molecule has 0 radical (unpaired) electrons. The van der Waals surface area contributed by atoms with Crippen LogP contribution >= 0.6 is 0 Å². The quantitative estimate of drug-likeness (QED) is 0.872. The van der Waals surface area contributed by atoms with Crippen LogP contribution in [0.3, 0.4) is 0 Å². The molecule has 2 aromatic rings. The molecule has 7 heteroatoms. The molecule has 126 valence electrons. The molecule has 1 aliphatic rings. The van der Waals surface area contributed by atoms with Gasteiger partial charge in [0.05, 0.1) is 5.56 Å².